The fraction of sp³-hybridized carbons (Fsp3) is 0.360. The predicted octanol–water partition coefficient (Wildman–Crippen LogP) is 3.93. The number of alkyl halides is 4. The van der Waals surface area contributed by atoms with Crippen LogP contribution in [-0.4, -0.2) is 43.7 Å². The van der Waals surface area contributed by atoms with E-state index in [4.69, 9.17) is 0 Å². The molecule has 1 saturated carbocycles. The van der Waals surface area contributed by atoms with Crippen molar-refractivity contribution < 1.29 is 17.6 Å². The summed E-state index contributed by atoms with van der Waals surface area (Å²) in [6.45, 7) is -0.497. The summed E-state index contributed by atoms with van der Waals surface area (Å²) in [6.07, 6.45) is -1.38. The van der Waals surface area contributed by atoms with Gasteiger partial charge in [-0.3, -0.25) is 9.18 Å². The average molecular weight is 513 g/mol. The number of nitrogens with one attached hydrogen (secondary N) is 2. The number of rotatable bonds is 6. The smallest absolute Gasteiger partial charge is 0.324 e. The zero-order chi connectivity index (χ0) is 25.8. The first-order valence-electron chi connectivity index (χ1n) is 12.0. The molecule has 4 aromatic rings. The van der Waals surface area contributed by atoms with Gasteiger partial charge in [-0.25, -0.2) is 19.3 Å². The van der Waals surface area contributed by atoms with Crippen molar-refractivity contribution in [2.24, 2.45) is 0 Å². The van der Waals surface area contributed by atoms with Gasteiger partial charge in [-0.05, 0) is 61.2 Å². The second-order valence-electron chi connectivity index (χ2n) is 9.55. The van der Waals surface area contributed by atoms with E-state index in [1.165, 1.54) is 23.4 Å². The highest BCUT2D eigenvalue weighted by Gasteiger charge is 2.46. The van der Waals surface area contributed by atoms with Crippen LogP contribution in [0, 0.1) is 0 Å². The molecule has 1 aliphatic carbocycles. The molecule has 6 rings (SSSR count). The molecule has 0 saturated heterocycles. The van der Waals surface area contributed by atoms with E-state index in [9.17, 15) is 22.4 Å². The molecule has 0 atom stereocenters. The summed E-state index contributed by atoms with van der Waals surface area (Å²) >= 11 is 0. The Bertz CT molecular complexity index is 1560. The Kier molecular flexibility index (Phi) is 5.51. The molecule has 2 aliphatic rings. The molecule has 0 spiro atoms. The number of aromatic nitrogens is 5. The SMILES string of the molecule is O=c1c2cnc(Nc3ccc4c(c3)CCNC4)nc2n(-c2cccc(C3(CF)CC3)n2)n1CC(F)(F)F. The third kappa shape index (κ3) is 4.35. The quantitative estimate of drug-likeness (QED) is 0.380. The highest BCUT2D eigenvalue weighted by Crippen LogP contribution is 2.47. The monoisotopic (exact) mass is 513 g/mol. The molecule has 37 heavy (non-hydrogen) atoms. The fourth-order valence-electron chi connectivity index (χ4n) is 4.76. The van der Waals surface area contributed by atoms with Gasteiger partial charge in [0, 0.05) is 23.8 Å². The lowest BCUT2D eigenvalue weighted by Crippen LogP contribution is -2.30. The summed E-state index contributed by atoms with van der Waals surface area (Å²) in [6, 6.07) is 10.6. The predicted molar refractivity (Wildman–Crippen MR) is 129 cm³/mol. The van der Waals surface area contributed by atoms with Gasteiger partial charge in [0.1, 0.15) is 18.6 Å². The van der Waals surface area contributed by atoms with E-state index >= 15 is 0 Å². The van der Waals surface area contributed by atoms with E-state index in [-0.39, 0.29) is 22.8 Å². The Labute approximate surface area is 208 Å². The van der Waals surface area contributed by atoms with Gasteiger partial charge in [-0.15, -0.1) is 0 Å². The van der Waals surface area contributed by atoms with Crippen LogP contribution in [0.2, 0.25) is 0 Å². The van der Waals surface area contributed by atoms with Crippen LogP contribution in [0.4, 0.5) is 29.2 Å². The largest absolute Gasteiger partial charge is 0.408 e. The van der Waals surface area contributed by atoms with E-state index in [0.29, 0.717) is 23.2 Å². The Morgan fingerprint density at radius 1 is 1.11 bits per heavy atom. The second-order valence-corrected chi connectivity index (χ2v) is 9.55. The molecule has 0 unspecified atom stereocenters. The van der Waals surface area contributed by atoms with Crippen molar-refractivity contribution in [1.82, 2.24) is 29.6 Å². The molecule has 1 aromatic carbocycles. The van der Waals surface area contributed by atoms with Crippen LogP contribution in [-0.2, 0) is 24.9 Å². The highest BCUT2D eigenvalue weighted by molar-refractivity contribution is 5.77. The van der Waals surface area contributed by atoms with Crippen molar-refractivity contribution in [3.8, 4) is 5.82 Å². The summed E-state index contributed by atoms with van der Waals surface area (Å²) in [4.78, 5) is 26.1. The number of benzene rings is 1. The molecular weight excluding hydrogens is 490 g/mol. The lowest BCUT2D eigenvalue weighted by Gasteiger charge is -2.18. The number of hydrogen-bond acceptors (Lipinski definition) is 6. The molecule has 0 amide bonds. The van der Waals surface area contributed by atoms with Gasteiger partial charge in [-0.1, -0.05) is 12.1 Å². The molecule has 1 aliphatic heterocycles. The maximum atomic E-state index is 13.7. The average Bonchev–Trinajstić information content (AvgIpc) is 3.64. The standard InChI is InChI=1S/C25H23F4N7O/c26-13-24(7-8-24)19-2-1-3-20(33-19)36-21-18(22(37)35(36)14-25(27,28)29)12-31-23(34-21)32-17-5-4-16-11-30-9-6-15(16)10-17/h1-5,10,12,30H,6-9,11,13-14H2,(H,31,32,34). The Balaban J connectivity index is 1.46. The van der Waals surface area contributed by atoms with Crippen molar-refractivity contribution in [2.75, 3.05) is 18.5 Å². The molecular formula is C25H23F4N7O. The van der Waals surface area contributed by atoms with Crippen LogP contribution in [0.25, 0.3) is 16.9 Å². The normalized spacial score (nSPS) is 16.5. The minimum atomic E-state index is -4.67. The lowest BCUT2D eigenvalue weighted by atomic mass is 10.0. The first-order valence-corrected chi connectivity index (χ1v) is 12.0. The molecule has 8 nitrogen and oxygen atoms in total. The van der Waals surface area contributed by atoms with Gasteiger partial charge < -0.3 is 10.6 Å². The summed E-state index contributed by atoms with van der Waals surface area (Å²) in [5.41, 5.74) is 1.90. The van der Waals surface area contributed by atoms with Crippen LogP contribution >= 0.6 is 0 Å². The van der Waals surface area contributed by atoms with Crippen LogP contribution in [0.1, 0.15) is 29.7 Å². The molecule has 192 valence electrons. The third-order valence-electron chi connectivity index (χ3n) is 6.96. The third-order valence-corrected chi connectivity index (χ3v) is 6.96. The number of halogens is 4. The van der Waals surface area contributed by atoms with Crippen molar-refractivity contribution in [3.63, 3.8) is 0 Å². The Morgan fingerprint density at radius 2 is 1.95 bits per heavy atom. The number of anilines is 2. The van der Waals surface area contributed by atoms with Gasteiger partial charge in [0.05, 0.1) is 5.69 Å². The van der Waals surface area contributed by atoms with E-state index in [1.54, 1.807) is 12.1 Å². The Hall–Kier alpha value is -3.80. The summed E-state index contributed by atoms with van der Waals surface area (Å²) in [5, 5.41) is 6.33. The summed E-state index contributed by atoms with van der Waals surface area (Å²) in [5.74, 6) is 0.178. The van der Waals surface area contributed by atoms with Crippen LogP contribution in [0.15, 0.2) is 47.4 Å². The number of hydrogen-bond donors (Lipinski definition) is 2. The molecule has 4 heterocycles. The topological polar surface area (TPSA) is 89.7 Å². The van der Waals surface area contributed by atoms with Crippen LogP contribution in [0.5, 0.6) is 0 Å². The maximum Gasteiger partial charge on any atom is 0.408 e. The fourth-order valence-corrected chi connectivity index (χ4v) is 4.76. The van der Waals surface area contributed by atoms with E-state index in [2.05, 4.69) is 25.6 Å². The van der Waals surface area contributed by atoms with Crippen LogP contribution < -0.4 is 16.2 Å². The number of fused-ring (bicyclic) bond motifs is 2. The first-order chi connectivity index (χ1) is 17.8. The summed E-state index contributed by atoms with van der Waals surface area (Å²) in [7, 11) is 0. The van der Waals surface area contributed by atoms with Crippen molar-refractivity contribution in [3.05, 3.63) is 69.8 Å². The lowest BCUT2D eigenvalue weighted by molar-refractivity contribution is -0.144. The van der Waals surface area contributed by atoms with E-state index in [1.807, 2.05) is 18.2 Å². The molecule has 2 N–H and O–H groups in total. The van der Waals surface area contributed by atoms with Crippen molar-refractivity contribution in [2.45, 2.75) is 43.9 Å². The van der Waals surface area contributed by atoms with Gasteiger partial charge in [0.25, 0.3) is 5.56 Å². The van der Waals surface area contributed by atoms with Gasteiger partial charge in [0.15, 0.2) is 11.5 Å². The molecule has 0 bridgehead atoms. The zero-order valence-electron chi connectivity index (χ0n) is 19.6. The number of pyridine rings is 1. The molecule has 3 aromatic heterocycles. The highest BCUT2D eigenvalue weighted by atomic mass is 19.4. The molecule has 12 heteroatoms. The molecule has 1 fully saturated rings. The minimum absolute atomic E-state index is 0.0244. The van der Waals surface area contributed by atoms with E-state index < -0.39 is 30.4 Å². The Morgan fingerprint density at radius 3 is 2.70 bits per heavy atom. The van der Waals surface area contributed by atoms with Gasteiger partial charge in [0.2, 0.25) is 5.95 Å². The minimum Gasteiger partial charge on any atom is -0.324 e. The molecule has 0 radical (unpaired) electrons. The number of nitrogens with zero attached hydrogens (tertiary/aromatic N) is 5. The van der Waals surface area contributed by atoms with Gasteiger partial charge in [-0.2, -0.15) is 18.2 Å². The summed E-state index contributed by atoms with van der Waals surface area (Å²) < 4.78 is 55.8. The second kappa shape index (κ2) is 8.65. The van der Waals surface area contributed by atoms with Crippen LogP contribution in [0.3, 0.4) is 0 Å². The van der Waals surface area contributed by atoms with Crippen molar-refractivity contribution >= 4 is 22.7 Å². The van der Waals surface area contributed by atoms with Crippen molar-refractivity contribution in [1.29, 1.82) is 0 Å². The van der Waals surface area contributed by atoms with E-state index in [0.717, 1.165) is 29.9 Å². The maximum absolute atomic E-state index is 13.7. The van der Waals surface area contributed by atoms with Gasteiger partial charge >= 0.3 is 6.18 Å². The first kappa shape index (κ1) is 23.6. The zero-order valence-corrected chi connectivity index (χ0v) is 19.6.